The lowest BCUT2D eigenvalue weighted by Crippen LogP contribution is -2.68. The summed E-state index contributed by atoms with van der Waals surface area (Å²) in [5.41, 5.74) is 2.54. The molecule has 196 valence electrons. The van der Waals surface area contributed by atoms with E-state index in [1.54, 1.807) is 24.3 Å². The van der Waals surface area contributed by atoms with Gasteiger partial charge in [0, 0.05) is 18.2 Å². The molecule has 0 aliphatic carbocycles. The normalized spacial score (nSPS) is 21.5. The van der Waals surface area contributed by atoms with E-state index in [1.165, 1.54) is 0 Å². The Balaban J connectivity index is 1.32. The van der Waals surface area contributed by atoms with Crippen LogP contribution in [0.15, 0.2) is 84.9 Å². The molecule has 3 aromatic rings. The summed E-state index contributed by atoms with van der Waals surface area (Å²) in [5, 5.41) is 2.92. The summed E-state index contributed by atoms with van der Waals surface area (Å²) < 4.78 is 6.23. The molecule has 4 atom stereocenters. The number of likely N-dealkylation sites (tertiary alicyclic amines) is 2. The Bertz CT molecular complexity index is 1280. The SMILES string of the molecule is CC(NC(=O)N1C(=O)C(Cc2ccccc2)C1Oc1ccc(C(=O)N2CCCC2C)cc1)c1ccccc1. The van der Waals surface area contributed by atoms with Crippen LogP contribution in [-0.2, 0) is 11.2 Å². The van der Waals surface area contributed by atoms with Crippen molar-refractivity contribution >= 4 is 17.8 Å². The molecule has 7 nitrogen and oxygen atoms in total. The molecule has 1 N–H and O–H groups in total. The zero-order chi connectivity index (χ0) is 26.6. The fourth-order valence-electron chi connectivity index (χ4n) is 5.23. The molecule has 2 aliphatic heterocycles. The van der Waals surface area contributed by atoms with Crippen LogP contribution in [0.5, 0.6) is 5.75 Å². The monoisotopic (exact) mass is 511 g/mol. The first kappa shape index (κ1) is 25.5. The molecular formula is C31H33N3O4. The van der Waals surface area contributed by atoms with Gasteiger partial charge in [-0.25, -0.2) is 9.69 Å². The van der Waals surface area contributed by atoms with E-state index in [0.29, 0.717) is 17.7 Å². The van der Waals surface area contributed by atoms with Crippen molar-refractivity contribution in [2.45, 2.75) is 51.4 Å². The Hall–Kier alpha value is -4.13. The number of carbonyl (C=O) groups is 3. The minimum atomic E-state index is -0.758. The van der Waals surface area contributed by atoms with E-state index in [9.17, 15) is 14.4 Å². The van der Waals surface area contributed by atoms with E-state index in [-0.39, 0.29) is 23.9 Å². The topological polar surface area (TPSA) is 79.0 Å². The molecule has 3 aromatic carbocycles. The molecule has 2 fully saturated rings. The largest absolute Gasteiger partial charge is 0.469 e. The summed E-state index contributed by atoms with van der Waals surface area (Å²) in [7, 11) is 0. The van der Waals surface area contributed by atoms with Crippen LogP contribution in [0.2, 0.25) is 0 Å². The summed E-state index contributed by atoms with van der Waals surface area (Å²) in [4.78, 5) is 42.3. The first-order valence-corrected chi connectivity index (χ1v) is 13.2. The Morgan fingerprint density at radius 3 is 2.26 bits per heavy atom. The van der Waals surface area contributed by atoms with E-state index in [1.807, 2.05) is 72.5 Å². The second-order valence-electron chi connectivity index (χ2n) is 10.1. The van der Waals surface area contributed by atoms with Crippen LogP contribution in [0.3, 0.4) is 0 Å². The second kappa shape index (κ2) is 11.1. The molecule has 2 aliphatic rings. The molecule has 0 spiro atoms. The predicted molar refractivity (Wildman–Crippen MR) is 144 cm³/mol. The number of nitrogens with one attached hydrogen (secondary N) is 1. The Morgan fingerprint density at radius 2 is 1.63 bits per heavy atom. The van der Waals surface area contributed by atoms with Crippen LogP contribution in [0, 0.1) is 5.92 Å². The molecule has 5 rings (SSSR count). The van der Waals surface area contributed by atoms with Gasteiger partial charge in [-0.3, -0.25) is 9.59 Å². The van der Waals surface area contributed by atoms with E-state index in [2.05, 4.69) is 12.2 Å². The van der Waals surface area contributed by atoms with Crippen molar-refractivity contribution in [1.29, 1.82) is 0 Å². The maximum atomic E-state index is 13.2. The van der Waals surface area contributed by atoms with Gasteiger partial charge in [-0.2, -0.15) is 0 Å². The van der Waals surface area contributed by atoms with Gasteiger partial charge in [0.2, 0.25) is 5.91 Å². The van der Waals surface area contributed by atoms with Crippen LogP contribution in [0.1, 0.15) is 54.2 Å². The first-order chi connectivity index (χ1) is 18.4. The van der Waals surface area contributed by atoms with Gasteiger partial charge >= 0.3 is 6.03 Å². The van der Waals surface area contributed by atoms with E-state index in [4.69, 9.17) is 4.74 Å². The molecule has 7 heteroatoms. The van der Waals surface area contributed by atoms with Crippen molar-refractivity contribution in [2.75, 3.05) is 6.54 Å². The fourth-order valence-corrected chi connectivity index (χ4v) is 5.23. The molecule has 0 aromatic heterocycles. The Kier molecular flexibility index (Phi) is 7.45. The minimum Gasteiger partial charge on any atom is -0.469 e. The highest BCUT2D eigenvalue weighted by atomic mass is 16.5. The molecule has 0 saturated carbocycles. The Morgan fingerprint density at radius 1 is 0.974 bits per heavy atom. The van der Waals surface area contributed by atoms with Crippen molar-refractivity contribution < 1.29 is 19.1 Å². The van der Waals surface area contributed by atoms with Crippen LogP contribution < -0.4 is 10.1 Å². The van der Waals surface area contributed by atoms with Crippen molar-refractivity contribution in [2.24, 2.45) is 5.92 Å². The number of rotatable bonds is 7. The van der Waals surface area contributed by atoms with Gasteiger partial charge in [-0.05, 0) is 68.5 Å². The van der Waals surface area contributed by atoms with E-state index < -0.39 is 18.2 Å². The number of hydrogen-bond acceptors (Lipinski definition) is 4. The van der Waals surface area contributed by atoms with Crippen LogP contribution in [0.4, 0.5) is 4.79 Å². The van der Waals surface area contributed by atoms with Crippen LogP contribution in [0.25, 0.3) is 0 Å². The number of imide groups is 1. The van der Waals surface area contributed by atoms with Gasteiger partial charge in [-0.15, -0.1) is 0 Å². The molecular weight excluding hydrogens is 478 g/mol. The molecule has 2 heterocycles. The van der Waals surface area contributed by atoms with Gasteiger partial charge in [-0.1, -0.05) is 60.7 Å². The third kappa shape index (κ3) is 5.28. The molecule has 4 amide bonds. The maximum absolute atomic E-state index is 13.2. The van der Waals surface area contributed by atoms with Crippen molar-refractivity contribution in [1.82, 2.24) is 15.1 Å². The van der Waals surface area contributed by atoms with Crippen LogP contribution >= 0.6 is 0 Å². The number of carbonyl (C=O) groups excluding carboxylic acids is 3. The van der Waals surface area contributed by atoms with Crippen LogP contribution in [-0.4, -0.2) is 46.5 Å². The van der Waals surface area contributed by atoms with Crippen molar-refractivity contribution in [3.8, 4) is 5.75 Å². The van der Waals surface area contributed by atoms with Gasteiger partial charge in [0.25, 0.3) is 5.91 Å². The number of β-lactam (4-membered cyclic amide) rings is 1. The zero-order valence-corrected chi connectivity index (χ0v) is 21.7. The molecule has 38 heavy (non-hydrogen) atoms. The first-order valence-electron chi connectivity index (χ1n) is 13.2. The summed E-state index contributed by atoms with van der Waals surface area (Å²) in [5.74, 6) is -0.257. The number of ether oxygens (including phenoxy) is 1. The van der Waals surface area contributed by atoms with Gasteiger partial charge in [0.1, 0.15) is 5.75 Å². The smallest absolute Gasteiger partial charge is 0.327 e. The fraction of sp³-hybridized carbons (Fsp3) is 0.323. The molecule has 4 unspecified atom stereocenters. The standard InChI is InChI=1S/C31H33N3O4/c1-21-10-9-19-33(21)28(35)25-15-17-26(18-16-25)38-30-27(20-23-11-5-3-6-12-23)29(36)34(30)31(37)32-22(2)24-13-7-4-8-14-24/h3-8,11-18,21-22,27,30H,9-10,19-20H2,1-2H3,(H,32,37). The average Bonchev–Trinajstić information content (AvgIpc) is 3.38. The van der Waals surface area contributed by atoms with Gasteiger partial charge in [0.05, 0.1) is 12.0 Å². The van der Waals surface area contributed by atoms with Crippen molar-refractivity contribution in [3.63, 3.8) is 0 Å². The lowest BCUT2D eigenvalue weighted by atomic mass is 9.89. The number of urea groups is 1. The highest BCUT2D eigenvalue weighted by Gasteiger charge is 2.52. The number of benzene rings is 3. The summed E-state index contributed by atoms with van der Waals surface area (Å²) in [6.07, 6.45) is 1.75. The minimum absolute atomic E-state index is 0.0122. The lowest BCUT2D eigenvalue weighted by molar-refractivity contribution is -0.166. The summed E-state index contributed by atoms with van der Waals surface area (Å²) >= 11 is 0. The second-order valence-corrected chi connectivity index (χ2v) is 10.1. The third-order valence-corrected chi connectivity index (χ3v) is 7.48. The van der Waals surface area contributed by atoms with E-state index >= 15 is 0 Å². The lowest BCUT2D eigenvalue weighted by Gasteiger charge is -2.45. The van der Waals surface area contributed by atoms with E-state index in [0.717, 1.165) is 35.4 Å². The maximum Gasteiger partial charge on any atom is 0.327 e. The quantitative estimate of drug-likeness (QED) is 0.443. The zero-order valence-electron chi connectivity index (χ0n) is 21.7. The summed E-state index contributed by atoms with van der Waals surface area (Å²) in [6, 6.07) is 25.7. The molecule has 0 radical (unpaired) electrons. The number of amides is 4. The number of nitrogens with zero attached hydrogens (tertiary/aromatic N) is 2. The third-order valence-electron chi connectivity index (χ3n) is 7.48. The predicted octanol–water partition coefficient (Wildman–Crippen LogP) is 5.19. The van der Waals surface area contributed by atoms with Gasteiger partial charge < -0.3 is 15.0 Å². The highest BCUT2D eigenvalue weighted by Crippen LogP contribution is 2.33. The average molecular weight is 512 g/mol. The highest BCUT2D eigenvalue weighted by molar-refractivity contribution is 6.01. The molecule has 2 saturated heterocycles. The van der Waals surface area contributed by atoms with Gasteiger partial charge in [0.15, 0.2) is 6.23 Å². The number of hydrogen-bond donors (Lipinski definition) is 1. The van der Waals surface area contributed by atoms with Crippen molar-refractivity contribution in [3.05, 3.63) is 102 Å². The Labute approximate surface area is 223 Å². The molecule has 0 bridgehead atoms. The summed E-state index contributed by atoms with van der Waals surface area (Å²) in [6.45, 7) is 4.72.